The van der Waals surface area contributed by atoms with Gasteiger partial charge in [0.25, 0.3) is 5.92 Å². The van der Waals surface area contributed by atoms with Gasteiger partial charge in [-0.15, -0.1) is 0 Å². The van der Waals surface area contributed by atoms with Crippen molar-refractivity contribution < 1.29 is 18.7 Å². The summed E-state index contributed by atoms with van der Waals surface area (Å²) in [6.07, 6.45) is 0.436. The van der Waals surface area contributed by atoms with Gasteiger partial charge in [-0.2, -0.15) is 5.26 Å². The molecule has 1 rings (SSSR count). The molecule has 1 N–H and O–H groups in total. The van der Waals surface area contributed by atoms with Gasteiger partial charge in [-0.3, -0.25) is 9.69 Å². The van der Waals surface area contributed by atoms with Crippen molar-refractivity contribution in [3.8, 4) is 6.07 Å². The quantitative estimate of drug-likeness (QED) is 0.822. The Bertz CT molecular complexity index is 364. The van der Waals surface area contributed by atoms with Gasteiger partial charge in [0.2, 0.25) is 0 Å². The Balaban J connectivity index is 2.55. The molecule has 0 spiro atoms. The van der Waals surface area contributed by atoms with E-state index in [1.54, 1.807) is 11.0 Å². The molecule has 1 fully saturated rings. The van der Waals surface area contributed by atoms with Crippen molar-refractivity contribution in [1.29, 1.82) is 5.26 Å². The third-order valence-electron chi connectivity index (χ3n) is 3.52. The average Bonchev–Trinajstić information content (AvgIpc) is 2.60. The molecule has 0 bridgehead atoms. The Morgan fingerprint density at radius 1 is 1.61 bits per heavy atom. The predicted octanol–water partition coefficient (Wildman–Crippen LogP) is 2.11. The molecule has 0 aromatic heterocycles. The SMILES string of the molecule is CC(C)(CCC(C#N)C(=O)O)N1CCC(F)(F)C1. The molecule has 0 radical (unpaired) electrons. The first kappa shape index (κ1) is 14.8. The third-order valence-corrected chi connectivity index (χ3v) is 3.52. The maximum atomic E-state index is 13.1. The van der Waals surface area contributed by atoms with E-state index in [9.17, 15) is 13.6 Å². The van der Waals surface area contributed by atoms with Crippen LogP contribution in [0.1, 0.15) is 33.1 Å². The van der Waals surface area contributed by atoms with Crippen LogP contribution in [0.2, 0.25) is 0 Å². The van der Waals surface area contributed by atoms with Crippen molar-refractivity contribution in [2.24, 2.45) is 5.92 Å². The molecule has 1 aliphatic heterocycles. The lowest BCUT2D eigenvalue weighted by atomic mass is 9.91. The Kier molecular flexibility index (Phi) is 4.28. The van der Waals surface area contributed by atoms with E-state index in [0.717, 1.165) is 0 Å². The van der Waals surface area contributed by atoms with Crippen molar-refractivity contribution in [2.45, 2.75) is 44.6 Å². The van der Waals surface area contributed by atoms with Gasteiger partial charge in [0.05, 0.1) is 12.6 Å². The van der Waals surface area contributed by atoms with E-state index in [2.05, 4.69) is 0 Å². The number of rotatable bonds is 5. The first-order valence-corrected chi connectivity index (χ1v) is 5.93. The van der Waals surface area contributed by atoms with E-state index in [-0.39, 0.29) is 19.4 Å². The van der Waals surface area contributed by atoms with E-state index in [0.29, 0.717) is 13.0 Å². The number of nitrogens with zero attached hydrogens (tertiary/aromatic N) is 2. The maximum absolute atomic E-state index is 13.1. The van der Waals surface area contributed by atoms with Crippen LogP contribution >= 0.6 is 0 Å². The molecule has 0 aliphatic carbocycles. The fourth-order valence-corrected chi connectivity index (χ4v) is 2.15. The van der Waals surface area contributed by atoms with Crippen LogP contribution in [0.3, 0.4) is 0 Å². The number of alkyl halides is 2. The standard InChI is InChI=1S/C12H18F2N2O2/c1-11(2,4-3-9(7-15)10(17)18)16-6-5-12(13,14)8-16/h9H,3-6,8H2,1-2H3,(H,17,18). The van der Waals surface area contributed by atoms with Crippen LogP contribution in [0.4, 0.5) is 8.78 Å². The molecule has 4 nitrogen and oxygen atoms in total. The highest BCUT2D eigenvalue weighted by Crippen LogP contribution is 2.34. The van der Waals surface area contributed by atoms with Gasteiger partial charge in [0, 0.05) is 18.5 Å². The number of hydrogen-bond donors (Lipinski definition) is 1. The monoisotopic (exact) mass is 260 g/mol. The summed E-state index contributed by atoms with van der Waals surface area (Å²) < 4.78 is 26.3. The van der Waals surface area contributed by atoms with Crippen LogP contribution in [0.5, 0.6) is 0 Å². The molecule has 0 amide bonds. The largest absolute Gasteiger partial charge is 0.480 e. The van der Waals surface area contributed by atoms with Crippen molar-refractivity contribution in [2.75, 3.05) is 13.1 Å². The molecule has 0 saturated carbocycles. The Morgan fingerprint density at radius 2 is 2.22 bits per heavy atom. The molecule has 0 aromatic carbocycles. The van der Waals surface area contributed by atoms with Gasteiger partial charge in [-0.05, 0) is 26.7 Å². The molecule has 0 aromatic rings. The lowest BCUT2D eigenvalue weighted by Crippen LogP contribution is -2.44. The minimum Gasteiger partial charge on any atom is -0.480 e. The molecule has 102 valence electrons. The maximum Gasteiger partial charge on any atom is 0.320 e. The molecular formula is C12H18F2N2O2. The molecule has 1 aliphatic rings. The van der Waals surface area contributed by atoms with Gasteiger partial charge in [-0.1, -0.05) is 0 Å². The van der Waals surface area contributed by atoms with Crippen LogP contribution in [0.25, 0.3) is 0 Å². The lowest BCUT2D eigenvalue weighted by Gasteiger charge is -2.35. The number of nitriles is 1. The lowest BCUT2D eigenvalue weighted by molar-refractivity contribution is -0.140. The molecule has 1 unspecified atom stereocenters. The van der Waals surface area contributed by atoms with Gasteiger partial charge in [0.1, 0.15) is 5.92 Å². The van der Waals surface area contributed by atoms with E-state index in [1.165, 1.54) is 0 Å². The zero-order chi connectivity index (χ0) is 14.0. The van der Waals surface area contributed by atoms with E-state index < -0.39 is 23.3 Å². The highest BCUT2D eigenvalue weighted by Gasteiger charge is 2.43. The smallest absolute Gasteiger partial charge is 0.320 e. The van der Waals surface area contributed by atoms with Gasteiger partial charge in [0.15, 0.2) is 0 Å². The first-order chi connectivity index (χ1) is 8.18. The summed E-state index contributed by atoms with van der Waals surface area (Å²) in [5.41, 5.74) is -0.509. The van der Waals surface area contributed by atoms with Crippen molar-refractivity contribution in [3.05, 3.63) is 0 Å². The number of aliphatic carboxylic acids is 1. The van der Waals surface area contributed by atoms with E-state index in [4.69, 9.17) is 10.4 Å². The molecule has 6 heteroatoms. The van der Waals surface area contributed by atoms with Crippen molar-refractivity contribution in [1.82, 2.24) is 4.90 Å². The Labute approximate surface area is 105 Å². The summed E-state index contributed by atoms with van der Waals surface area (Å²) in [7, 11) is 0. The number of carboxylic acids is 1. The van der Waals surface area contributed by atoms with Crippen LogP contribution in [-0.4, -0.2) is 40.5 Å². The average molecular weight is 260 g/mol. The fourth-order valence-electron chi connectivity index (χ4n) is 2.15. The van der Waals surface area contributed by atoms with Crippen LogP contribution in [0, 0.1) is 17.2 Å². The summed E-state index contributed by atoms with van der Waals surface area (Å²) in [6, 6.07) is 1.71. The summed E-state index contributed by atoms with van der Waals surface area (Å²) >= 11 is 0. The molecular weight excluding hydrogens is 242 g/mol. The second kappa shape index (κ2) is 5.19. The highest BCUT2D eigenvalue weighted by atomic mass is 19.3. The minimum atomic E-state index is -2.65. The Morgan fingerprint density at radius 3 is 2.61 bits per heavy atom. The number of carboxylic acid groups (broad SMARTS) is 1. The number of carbonyl (C=O) groups is 1. The molecule has 1 heterocycles. The molecule has 1 saturated heterocycles. The Hall–Kier alpha value is -1.22. The molecule has 1 atom stereocenters. The van der Waals surface area contributed by atoms with Crippen molar-refractivity contribution >= 4 is 5.97 Å². The molecule has 18 heavy (non-hydrogen) atoms. The number of halogens is 2. The number of likely N-dealkylation sites (tertiary alicyclic amines) is 1. The zero-order valence-corrected chi connectivity index (χ0v) is 10.6. The van der Waals surface area contributed by atoms with Crippen LogP contribution < -0.4 is 0 Å². The van der Waals surface area contributed by atoms with Crippen LogP contribution in [-0.2, 0) is 4.79 Å². The van der Waals surface area contributed by atoms with Gasteiger partial charge < -0.3 is 5.11 Å². The summed E-state index contributed by atoms with van der Waals surface area (Å²) in [5.74, 6) is -4.87. The summed E-state index contributed by atoms with van der Waals surface area (Å²) in [4.78, 5) is 12.4. The normalized spacial score (nSPS) is 21.5. The third kappa shape index (κ3) is 3.64. The minimum absolute atomic E-state index is 0.156. The van der Waals surface area contributed by atoms with E-state index >= 15 is 0 Å². The highest BCUT2D eigenvalue weighted by molar-refractivity contribution is 5.72. The summed E-state index contributed by atoms with van der Waals surface area (Å²) in [6.45, 7) is 3.64. The summed E-state index contributed by atoms with van der Waals surface area (Å²) in [5, 5.41) is 17.4. The van der Waals surface area contributed by atoms with Gasteiger partial charge >= 0.3 is 5.97 Å². The fraction of sp³-hybridized carbons (Fsp3) is 0.833. The van der Waals surface area contributed by atoms with Crippen LogP contribution in [0.15, 0.2) is 0 Å². The topological polar surface area (TPSA) is 64.3 Å². The second-order valence-corrected chi connectivity index (χ2v) is 5.40. The number of hydrogen-bond acceptors (Lipinski definition) is 3. The first-order valence-electron chi connectivity index (χ1n) is 5.93. The van der Waals surface area contributed by atoms with Gasteiger partial charge in [-0.25, -0.2) is 8.78 Å². The van der Waals surface area contributed by atoms with E-state index in [1.807, 2.05) is 13.8 Å². The second-order valence-electron chi connectivity index (χ2n) is 5.40. The predicted molar refractivity (Wildman–Crippen MR) is 61.2 cm³/mol. The zero-order valence-electron chi connectivity index (χ0n) is 10.6. The van der Waals surface area contributed by atoms with Crippen molar-refractivity contribution in [3.63, 3.8) is 0 Å².